The van der Waals surface area contributed by atoms with Crippen molar-refractivity contribution in [2.75, 3.05) is 26.2 Å². The average molecular weight is 251 g/mol. The standard InChI is InChI=1S/C14H25N3O/c15-13(11-3-4-11)9-14(18)17-8-5-12(10-17)16-6-1-2-7-16/h11-13H,1-10,15H2. The summed E-state index contributed by atoms with van der Waals surface area (Å²) in [4.78, 5) is 16.8. The van der Waals surface area contributed by atoms with Crippen LogP contribution < -0.4 is 5.73 Å². The lowest BCUT2D eigenvalue weighted by molar-refractivity contribution is -0.130. The maximum Gasteiger partial charge on any atom is 0.224 e. The van der Waals surface area contributed by atoms with Crippen molar-refractivity contribution >= 4 is 5.91 Å². The Kier molecular flexibility index (Phi) is 3.57. The molecule has 0 aromatic rings. The van der Waals surface area contributed by atoms with Crippen LogP contribution in [0.1, 0.15) is 38.5 Å². The van der Waals surface area contributed by atoms with Gasteiger partial charge >= 0.3 is 0 Å². The molecule has 2 saturated heterocycles. The largest absolute Gasteiger partial charge is 0.341 e. The quantitative estimate of drug-likeness (QED) is 0.804. The molecule has 0 aromatic carbocycles. The Morgan fingerprint density at radius 2 is 1.89 bits per heavy atom. The zero-order chi connectivity index (χ0) is 12.5. The molecule has 0 radical (unpaired) electrons. The van der Waals surface area contributed by atoms with Gasteiger partial charge in [0, 0.05) is 31.6 Å². The molecule has 3 aliphatic rings. The van der Waals surface area contributed by atoms with Crippen molar-refractivity contribution in [2.45, 2.75) is 50.6 Å². The Balaban J connectivity index is 1.46. The van der Waals surface area contributed by atoms with Crippen molar-refractivity contribution in [3.63, 3.8) is 0 Å². The molecule has 2 heterocycles. The van der Waals surface area contributed by atoms with Gasteiger partial charge in [0.05, 0.1) is 0 Å². The topological polar surface area (TPSA) is 49.6 Å². The average Bonchev–Trinajstić information content (AvgIpc) is 2.89. The third kappa shape index (κ3) is 2.69. The van der Waals surface area contributed by atoms with Crippen LogP contribution in [0.25, 0.3) is 0 Å². The van der Waals surface area contributed by atoms with Crippen LogP contribution in [0.5, 0.6) is 0 Å². The van der Waals surface area contributed by atoms with Gasteiger partial charge in [-0.1, -0.05) is 0 Å². The summed E-state index contributed by atoms with van der Waals surface area (Å²) in [6.07, 6.45) is 6.84. The molecule has 2 aliphatic heterocycles. The molecular formula is C14H25N3O. The second kappa shape index (κ2) is 5.17. The minimum absolute atomic E-state index is 0.114. The molecule has 4 nitrogen and oxygen atoms in total. The zero-order valence-electron chi connectivity index (χ0n) is 11.2. The molecule has 2 unspecified atom stereocenters. The molecule has 3 fully saturated rings. The highest BCUT2D eigenvalue weighted by Crippen LogP contribution is 2.33. The van der Waals surface area contributed by atoms with E-state index in [1.165, 1.54) is 38.8 Å². The summed E-state index contributed by atoms with van der Waals surface area (Å²) in [5.41, 5.74) is 6.05. The van der Waals surface area contributed by atoms with Crippen molar-refractivity contribution in [1.82, 2.24) is 9.80 Å². The van der Waals surface area contributed by atoms with Gasteiger partial charge in [-0.3, -0.25) is 9.69 Å². The van der Waals surface area contributed by atoms with Crippen molar-refractivity contribution in [2.24, 2.45) is 11.7 Å². The van der Waals surface area contributed by atoms with Gasteiger partial charge in [0.1, 0.15) is 0 Å². The first-order valence-electron chi connectivity index (χ1n) is 7.51. The molecule has 18 heavy (non-hydrogen) atoms. The number of amides is 1. The smallest absolute Gasteiger partial charge is 0.224 e. The predicted octanol–water partition coefficient (Wildman–Crippen LogP) is 0.810. The third-order valence-corrected chi connectivity index (χ3v) is 4.81. The summed E-state index contributed by atoms with van der Waals surface area (Å²) in [6, 6.07) is 0.733. The maximum atomic E-state index is 12.2. The van der Waals surface area contributed by atoms with E-state index in [9.17, 15) is 4.79 Å². The number of hydrogen-bond acceptors (Lipinski definition) is 3. The van der Waals surface area contributed by atoms with Crippen LogP contribution in [0, 0.1) is 5.92 Å². The van der Waals surface area contributed by atoms with Crippen molar-refractivity contribution in [3.8, 4) is 0 Å². The predicted molar refractivity (Wildman–Crippen MR) is 71.1 cm³/mol. The Morgan fingerprint density at radius 1 is 1.17 bits per heavy atom. The van der Waals surface area contributed by atoms with E-state index >= 15 is 0 Å². The van der Waals surface area contributed by atoms with E-state index in [1.54, 1.807) is 0 Å². The maximum absolute atomic E-state index is 12.2. The summed E-state index contributed by atoms with van der Waals surface area (Å²) >= 11 is 0. The Bertz CT molecular complexity index is 310. The van der Waals surface area contributed by atoms with Gasteiger partial charge in [0.2, 0.25) is 5.91 Å². The fourth-order valence-electron chi connectivity index (χ4n) is 3.39. The van der Waals surface area contributed by atoms with E-state index in [0.717, 1.165) is 19.5 Å². The SMILES string of the molecule is NC(CC(=O)N1CCC(N2CCCC2)C1)C1CC1. The van der Waals surface area contributed by atoms with Gasteiger partial charge in [0.15, 0.2) is 0 Å². The van der Waals surface area contributed by atoms with Gasteiger partial charge in [-0.05, 0) is 51.1 Å². The number of hydrogen-bond donors (Lipinski definition) is 1. The molecule has 102 valence electrons. The molecule has 0 bridgehead atoms. The number of nitrogens with zero attached hydrogens (tertiary/aromatic N) is 2. The van der Waals surface area contributed by atoms with Crippen LogP contribution in [0.15, 0.2) is 0 Å². The molecule has 1 saturated carbocycles. The van der Waals surface area contributed by atoms with Crippen LogP contribution in [-0.4, -0.2) is 54.0 Å². The molecule has 2 N–H and O–H groups in total. The van der Waals surface area contributed by atoms with Crippen LogP contribution in [-0.2, 0) is 4.79 Å². The molecule has 1 aliphatic carbocycles. The number of likely N-dealkylation sites (tertiary alicyclic amines) is 2. The van der Waals surface area contributed by atoms with E-state index < -0.39 is 0 Å². The summed E-state index contributed by atoms with van der Waals surface area (Å²) in [7, 11) is 0. The zero-order valence-corrected chi connectivity index (χ0v) is 11.2. The molecule has 3 rings (SSSR count). The minimum atomic E-state index is 0.114. The fraction of sp³-hybridized carbons (Fsp3) is 0.929. The Labute approximate surface area is 109 Å². The molecular weight excluding hydrogens is 226 g/mol. The Hall–Kier alpha value is -0.610. The van der Waals surface area contributed by atoms with Crippen LogP contribution in [0.4, 0.5) is 0 Å². The lowest BCUT2D eigenvalue weighted by Crippen LogP contribution is -2.39. The van der Waals surface area contributed by atoms with Gasteiger partial charge in [-0.15, -0.1) is 0 Å². The second-order valence-corrected chi connectivity index (χ2v) is 6.23. The highest BCUT2D eigenvalue weighted by atomic mass is 16.2. The number of nitrogens with two attached hydrogens (primary N) is 1. The first-order chi connectivity index (χ1) is 8.74. The van der Waals surface area contributed by atoms with Crippen LogP contribution >= 0.6 is 0 Å². The molecule has 0 aromatic heterocycles. The summed E-state index contributed by atoms with van der Waals surface area (Å²) in [6.45, 7) is 4.34. The molecule has 4 heteroatoms. The van der Waals surface area contributed by atoms with E-state index in [-0.39, 0.29) is 11.9 Å². The van der Waals surface area contributed by atoms with Gasteiger partial charge in [-0.2, -0.15) is 0 Å². The molecule has 0 spiro atoms. The number of carbonyl (C=O) groups excluding carboxylic acids is 1. The van der Waals surface area contributed by atoms with Crippen LogP contribution in [0.2, 0.25) is 0 Å². The van der Waals surface area contributed by atoms with Gasteiger partial charge in [0.25, 0.3) is 0 Å². The normalized spacial score (nSPS) is 30.9. The third-order valence-electron chi connectivity index (χ3n) is 4.81. The Morgan fingerprint density at radius 3 is 2.56 bits per heavy atom. The number of rotatable bonds is 4. The highest BCUT2D eigenvalue weighted by Gasteiger charge is 2.34. The van der Waals surface area contributed by atoms with E-state index in [2.05, 4.69) is 4.90 Å². The molecule has 1 amide bonds. The van der Waals surface area contributed by atoms with E-state index in [1.807, 2.05) is 4.90 Å². The first kappa shape index (κ1) is 12.4. The fourth-order valence-corrected chi connectivity index (χ4v) is 3.39. The summed E-state index contributed by atoms with van der Waals surface area (Å²) in [5, 5.41) is 0. The van der Waals surface area contributed by atoms with Gasteiger partial charge in [-0.25, -0.2) is 0 Å². The summed E-state index contributed by atoms with van der Waals surface area (Å²) < 4.78 is 0. The van der Waals surface area contributed by atoms with E-state index in [4.69, 9.17) is 5.73 Å². The van der Waals surface area contributed by atoms with Gasteiger partial charge < -0.3 is 10.6 Å². The lowest BCUT2D eigenvalue weighted by Gasteiger charge is -2.24. The second-order valence-electron chi connectivity index (χ2n) is 6.23. The van der Waals surface area contributed by atoms with Crippen LogP contribution in [0.3, 0.4) is 0 Å². The van der Waals surface area contributed by atoms with Crippen molar-refractivity contribution < 1.29 is 4.79 Å². The lowest BCUT2D eigenvalue weighted by atomic mass is 10.1. The summed E-state index contributed by atoms with van der Waals surface area (Å²) in [5.74, 6) is 0.919. The van der Waals surface area contributed by atoms with Crippen molar-refractivity contribution in [3.05, 3.63) is 0 Å². The molecule has 2 atom stereocenters. The number of carbonyl (C=O) groups is 1. The first-order valence-corrected chi connectivity index (χ1v) is 7.51. The van der Waals surface area contributed by atoms with Crippen molar-refractivity contribution in [1.29, 1.82) is 0 Å². The highest BCUT2D eigenvalue weighted by molar-refractivity contribution is 5.77. The minimum Gasteiger partial charge on any atom is -0.341 e. The monoisotopic (exact) mass is 251 g/mol. The van der Waals surface area contributed by atoms with E-state index in [0.29, 0.717) is 18.4 Å².